The maximum atomic E-state index is 12.6. The molecule has 154 valence electrons. The van der Waals surface area contributed by atoms with Crippen LogP contribution in [0.3, 0.4) is 0 Å². The molecule has 29 heavy (non-hydrogen) atoms. The van der Waals surface area contributed by atoms with Gasteiger partial charge in [-0.2, -0.15) is 0 Å². The van der Waals surface area contributed by atoms with Crippen molar-refractivity contribution in [2.45, 2.75) is 51.7 Å². The molecule has 1 unspecified atom stereocenters. The van der Waals surface area contributed by atoms with Crippen LogP contribution in [-0.2, 0) is 11.4 Å². The number of rotatable bonds is 8. The molecule has 2 aromatic rings. The zero-order valence-electron chi connectivity index (χ0n) is 16.4. The molecule has 0 spiro atoms. The van der Waals surface area contributed by atoms with Crippen molar-refractivity contribution in [1.82, 2.24) is 9.88 Å². The largest absolute Gasteiger partial charge is 0.487 e. The van der Waals surface area contributed by atoms with Crippen LogP contribution in [0.4, 0.5) is 0 Å². The maximum Gasteiger partial charge on any atom is 0.337 e. The Labute approximate surface area is 175 Å². The molecule has 1 aromatic carbocycles. The zero-order chi connectivity index (χ0) is 20.8. The number of carboxylic acid groups (broad SMARTS) is 1. The van der Waals surface area contributed by atoms with E-state index in [0.717, 1.165) is 25.7 Å². The lowest BCUT2D eigenvalue weighted by Crippen LogP contribution is -2.31. The van der Waals surface area contributed by atoms with Gasteiger partial charge in [0.25, 0.3) is 0 Å². The quantitative estimate of drug-likeness (QED) is 0.664. The van der Waals surface area contributed by atoms with Gasteiger partial charge in [-0.05, 0) is 55.7 Å². The summed E-state index contributed by atoms with van der Waals surface area (Å²) in [5, 5.41) is 10.1. The minimum absolute atomic E-state index is 0.0214. The Morgan fingerprint density at radius 3 is 2.69 bits per heavy atom. The third kappa shape index (κ3) is 5.26. The Kier molecular flexibility index (Phi) is 7.09. The monoisotopic (exact) mass is 416 g/mol. The number of carbonyl (C=O) groups is 2. The number of halogens is 1. The van der Waals surface area contributed by atoms with Gasteiger partial charge in [0.05, 0.1) is 23.0 Å². The molecule has 0 saturated carbocycles. The van der Waals surface area contributed by atoms with E-state index in [9.17, 15) is 14.7 Å². The molecule has 0 radical (unpaired) electrons. The summed E-state index contributed by atoms with van der Waals surface area (Å²) >= 11 is 5.88. The van der Waals surface area contributed by atoms with Gasteiger partial charge >= 0.3 is 5.97 Å². The Balaban J connectivity index is 1.81. The van der Waals surface area contributed by atoms with Crippen LogP contribution in [0.2, 0.25) is 5.02 Å². The number of unbranched alkanes of at least 4 members (excludes halogenated alkanes) is 1. The number of amides is 1. The minimum atomic E-state index is -1.05. The predicted octanol–water partition coefficient (Wildman–Crippen LogP) is 4.87. The summed E-state index contributed by atoms with van der Waals surface area (Å²) < 4.78 is 5.72. The second kappa shape index (κ2) is 9.74. The van der Waals surface area contributed by atoms with E-state index in [0.29, 0.717) is 35.1 Å². The number of pyridine rings is 1. The molecular weight excluding hydrogens is 392 g/mol. The lowest BCUT2D eigenvalue weighted by Gasteiger charge is -2.25. The van der Waals surface area contributed by atoms with Crippen molar-refractivity contribution < 1.29 is 19.4 Å². The number of hydrogen-bond donors (Lipinski definition) is 1. The van der Waals surface area contributed by atoms with Crippen molar-refractivity contribution in [3.05, 3.63) is 58.4 Å². The van der Waals surface area contributed by atoms with Crippen LogP contribution in [-0.4, -0.2) is 33.4 Å². The van der Waals surface area contributed by atoms with Crippen LogP contribution < -0.4 is 4.74 Å². The Morgan fingerprint density at radius 1 is 1.24 bits per heavy atom. The summed E-state index contributed by atoms with van der Waals surface area (Å²) in [6, 6.07) is 10.0. The zero-order valence-corrected chi connectivity index (χ0v) is 17.2. The average Bonchev–Trinajstić information content (AvgIpc) is 3.21. The van der Waals surface area contributed by atoms with E-state index in [1.54, 1.807) is 36.4 Å². The van der Waals surface area contributed by atoms with E-state index in [2.05, 4.69) is 11.9 Å². The van der Waals surface area contributed by atoms with Crippen LogP contribution >= 0.6 is 11.6 Å². The van der Waals surface area contributed by atoms with E-state index in [1.165, 1.54) is 0 Å². The lowest BCUT2D eigenvalue weighted by atomic mass is 10.1. The number of ether oxygens (including phenoxy) is 1. The lowest BCUT2D eigenvalue weighted by molar-refractivity contribution is -0.132. The average molecular weight is 417 g/mol. The SMILES string of the molecule is CCCCC(=O)N1CCCC1c1ccc(C(=O)O)c(COc2ccc(Cl)cc2)n1. The standard InChI is InChI=1S/C22H25ClN2O4/c1-2-3-6-21(26)25-13-4-5-20(25)18-12-11-17(22(27)28)19(24-18)14-29-16-9-7-15(23)8-10-16/h7-12,20H,2-6,13-14H2,1H3,(H,27,28). The normalized spacial score (nSPS) is 16.1. The molecule has 1 saturated heterocycles. The molecule has 0 bridgehead atoms. The minimum Gasteiger partial charge on any atom is -0.487 e. The van der Waals surface area contributed by atoms with Gasteiger partial charge in [-0.3, -0.25) is 9.78 Å². The molecule has 1 aromatic heterocycles. The van der Waals surface area contributed by atoms with Crippen molar-refractivity contribution >= 4 is 23.5 Å². The van der Waals surface area contributed by atoms with Crippen LogP contribution in [0.5, 0.6) is 5.75 Å². The summed E-state index contributed by atoms with van der Waals surface area (Å²) in [7, 11) is 0. The molecule has 2 heterocycles. The second-order valence-corrected chi connectivity index (χ2v) is 7.56. The third-order valence-corrected chi connectivity index (χ3v) is 5.33. The number of hydrogen-bond acceptors (Lipinski definition) is 4. The van der Waals surface area contributed by atoms with Gasteiger partial charge in [-0.1, -0.05) is 24.9 Å². The van der Waals surface area contributed by atoms with Gasteiger partial charge < -0.3 is 14.7 Å². The van der Waals surface area contributed by atoms with Crippen molar-refractivity contribution in [3.8, 4) is 5.75 Å². The van der Waals surface area contributed by atoms with Gasteiger partial charge in [0, 0.05) is 18.0 Å². The molecule has 1 atom stereocenters. The first kappa shape index (κ1) is 21.1. The summed E-state index contributed by atoms with van der Waals surface area (Å²) in [5.74, 6) is -0.339. The Hall–Kier alpha value is -2.60. The van der Waals surface area contributed by atoms with Crippen LogP contribution in [0.1, 0.15) is 66.8 Å². The number of likely N-dealkylation sites (tertiary alicyclic amines) is 1. The van der Waals surface area contributed by atoms with Crippen molar-refractivity contribution in [2.75, 3.05) is 6.54 Å². The second-order valence-electron chi connectivity index (χ2n) is 7.13. The van der Waals surface area contributed by atoms with Crippen molar-refractivity contribution in [3.63, 3.8) is 0 Å². The molecule has 1 aliphatic heterocycles. The Morgan fingerprint density at radius 2 is 2.00 bits per heavy atom. The predicted molar refractivity (Wildman–Crippen MR) is 110 cm³/mol. The highest BCUT2D eigenvalue weighted by Gasteiger charge is 2.31. The number of carbonyl (C=O) groups excluding carboxylic acids is 1. The highest BCUT2D eigenvalue weighted by atomic mass is 35.5. The van der Waals surface area contributed by atoms with Gasteiger partial charge in [0.1, 0.15) is 12.4 Å². The molecule has 1 aliphatic rings. The number of carboxylic acids is 1. The molecule has 6 nitrogen and oxygen atoms in total. The molecule has 7 heteroatoms. The third-order valence-electron chi connectivity index (χ3n) is 5.07. The number of nitrogens with zero attached hydrogens (tertiary/aromatic N) is 2. The van der Waals surface area contributed by atoms with Gasteiger partial charge in [0.15, 0.2) is 0 Å². The fourth-order valence-corrected chi connectivity index (χ4v) is 3.66. The van der Waals surface area contributed by atoms with E-state index < -0.39 is 5.97 Å². The summed E-state index contributed by atoms with van der Waals surface area (Å²) in [6.07, 6.45) is 4.12. The number of benzene rings is 1. The smallest absolute Gasteiger partial charge is 0.337 e. The molecule has 1 N–H and O–H groups in total. The van der Waals surface area contributed by atoms with Crippen molar-refractivity contribution in [1.29, 1.82) is 0 Å². The molecule has 1 amide bonds. The molecular formula is C22H25ClN2O4. The summed E-state index contributed by atoms with van der Waals surface area (Å²) in [4.78, 5) is 30.7. The van der Waals surface area contributed by atoms with E-state index in [1.807, 2.05) is 4.90 Å². The first-order chi connectivity index (χ1) is 14.0. The van der Waals surface area contributed by atoms with Gasteiger partial charge in [-0.15, -0.1) is 0 Å². The van der Waals surface area contributed by atoms with Crippen molar-refractivity contribution in [2.24, 2.45) is 0 Å². The molecule has 3 rings (SSSR count). The van der Waals surface area contributed by atoms with Crippen LogP contribution in [0.25, 0.3) is 0 Å². The highest BCUT2D eigenvalue weighted by molar-refractivity contribution is 6.30. The van der Waals surface area contributed by atoms with Crippen LogP contribution in [0.15, 0.2) is 36.4 Å². The Bertz CT molecular complexity index is 870. The van der Waals surface area contributed by atoms with E-state index >= 15 is 0 Å². The number of aromatic carboxylic acids is 1. The topological polar surface area (TPSA) is 79.7 Å². The van der Waals surface area contributed by atoms with E-state index in [4.69, 9.17) is 16.3 Å². The summed E-state index contributed by atoms with van der Waals surface area (Å²) in [6.45, 7) is 2.80. The fourth-order valence-electron chi connectivity index (χ4n) is 3.54. The molecule has 1 fully saturated rings. The van der Waals surface area contributed by atoms with Crippen LogP contribution in [0, 0.1) is 0 Å². The van der Waals surface area contributed by atoms with Gasteiger partial charge in [-0.25, -0.2) is 4.79 Å². The summed E-state index contributed by atoms with van der Waals surface area (Å²) in [5.41, 5.74) is 1.16. The molecule has 0 aliphatic carbocycles. The maximum absolute atomic E-state index is 12.6. The highest BCUT2D eigenvalue weighted by Crippen LogP contribution is 2.32. The van der Waals surface area contributed by atoms with E-state index in [-0.39, 0.29) is 24.1 Å². The first-order valence-corrected chi connectivity index (χ1v) is 10.3. The fraction of sp³-hybridized carbons (Fsp3) is 0.409. The first-order valence-electron chi connectivity index (χ1n) is 9.90. The number of aromatic nitrogens is 1. The van der Waals surface area contributed by atoms with Gasteiger partial charge in [0.2, 0.25) is 5.91 Å².